The van der Waals surface area contributed by atoms with Gasteiger partial charge < -0.3 is 4.98 Å². The Hall–Kier alpha value is -1.82. The van der Waals surface area contributed by atoms with Crippen molar-refractivity contribution in [2.24, 2.45) is 0 Å². The van der Waals surface area contributed by atoms with E-state index in [-0.39, 0.29) is 24.9 Å². The number of nitrogens with zero attached hydrogens (tertiary/aromatic N) is 1. The first-order chi connectivity index (χ1) is 11.4. The second-order valence-corrected chi connectivity index (χ2v) is 6.52. The summed E-state index contributed by atoms with van der Waals surface area (Å²) in [4.78, 5) is 16.5. The average molecular weight is 338 g/mol. The van der Waals surface area contributed by atoms with E-state index in [0.29, 0.717) is 30.5 Å². The summed E-state index contributed by atoms with van der Waals surface area (Å²) in [6, 6.07) is 9.00. The zero-order chi connectivity index (χ0) is 17.4. The Balaban J connectivity index is 1.97. The highest BCUT2D eigenvalue weighted by Gasteiger charge is 2.59. The van der Waals surface area contributed by atoms with Gasteiger partial charge in [-0.3, -0.25) is 9.69 Å². The predicted octanol–water partition coefficient (Wildman–Crippen LogP) is 4.23. The summed E-state index contributed by atoms with van der Waals surface area (Å²) >= 11 is 0. The maximum atomic E-state index is 13.8. The summed E-state index contributed by atoms with van der Waals surface area (Å²) < 4.78 is 41.3. The Morgan fingerprint density at radius 2 is 2.04 bits per heavy atom. The monoisotopic (exact) mass is 338 g/mol. The molecule has 0 bridgehead atoms. The zero-order valence-electron chi connectivity index (χ0n) is 13.6. The first-order valence-corrected chi connectivity index (χ1v) is 8.30. The molecular weight excluding hydrogens is 317 g/mol. The Bertz CT molecular complexity index is 784. The van der Waals surface area contributed by atoms with Gasteiger partial charge in [-0.15, -0.1) is 0 Å². The number of benzene rings is 1. The Labute approximate surface area is 138 Å². The van der Waals surface area contributed by atoms with E-state index in [0.717, 1.165) is 5.39 Å². The molecule has 1 N–H and O–H groups in total. The van der Waals surface area contributed by atoms with Crippen LogP contribution in [-0.4, -0.2) is 28.1 Å². The van der Waals surface area contributed by atoms with Crippen LogP contribution in [0.3, 0.4) is 0 Å². The quantitative estimate of drug-likeness (QED) is 0.906. The van der Waals surface area contributed by atoms with Crippen LogP contribution in [-0.2, 0) is 6.54 Å². The first-order valence-electron chi connectivity index (χ1n) is 8.30. The number of alkyl halides is 3. The van der Waals surface area contributed by atoms with E-state index in [1.54, 1.807) is 19.1 Å². The number of pyridine rings is 1. The van der Waals surface area contributed by atoms with Crippen molar-refractivity contribution >= 4 is 10.9 Å². The second kappa shape index (κ2) is 6.24. The van der Waals surface area contributed by atoms with Crippen LogP contribution < -0.4 is 5.56 Å². The summed E-state index contributed by atoms with van der Waals surface area (Å²) in [6.45, 7) is 2.16. The fourth-order valence-corrected chi connectivity index (χ4v) is 3.84. The smallest absolute Gasteiger partial charge is 0.322 e. The van der Waals surface area contributed by atoms with Gasteiger partial charge in [-0.25, -0.2) is 0 Å². The summed E-state index contributed by atoms with van der Waals surface area (Å²) in [5, 5.41) is 0.833. The molecule has 1 aliphatic heterocycles. The molecule has 1 fully saturated rings. The number of aromatic nitrogens is 1. The van der Waals surface area contributed by atoms with Gasteiger partial charge >= 0.3 is 6.18 Å². The summed E-state index contributed by atoms with van der Waals surface area (Å²) in [7, 11) is 0. The number of hydrogen-bond donors (Lipinski definition) is 1. The van der Waals surface area contributed by atoms with Crippen molar-refractivity contribution in [3.8, 4) is 0 Å². The molecule has 0 spiro atoms. The van der Waals surface area contributed by atoms with E-state index in [9.17, 15) is 18.0 Å². The lowest BCUT2D eigenvalue weighted by Gasteiger charge is -2.40. The van der Waals surface area contributed by atoms with Crippen LogP contribution in [0.1, 0.15) is 38.2 Å². The third-order valence-corrected chi connectivity index (χ3v) is 5.01. The van der Waals surface area contributed by atoms with Crippen LogP contribution in [0.25, 0.3) is 10.9 Å². The minimum atomic E-state index is -4.29. The minimum absolute atomic E-state index is 0.0275. The Morgan fingerprint density at radius 1 is 1.29 bits per heavy atom. The SMILES string of the molecule is CCC[C@]1(C(F)(F)F)CCCN1Cc1cc2ccccc2[nH]c1=O. The number of hydrogen-bond acceptors (Lipinski definition) is 2. The van der Waals surface area contributed by atoms with Crippen LogP contribution in [0.5, 0.6) is 0 Å². The molecule has 3 nitrogen and oxygen atoms in total. The van der Waals surface area contributed by atoms with Crippen molar-refractivity contribution in [2.45, 2.75) is 50.9 Å². The lowest BCUT2D eigenvalue weighted by Crippen LogP contribution is -2.55. The molecule has 1 aliphatic rings. The highest BCUT2D eigenvalue weighted by Crippen LogP contribution is 2.46. The van der Waals surface area contributed by atoms with Gasteiger partial charge in [0.05, 0.1) is 0 Å². The third-order valence-electron chi connectivity index (χ3n) is 5.01. The fraction of sp³-hybridized carbons (Fsp3) is 0.500. The van der Waals surface area contributed by atoms with Crippen LogP contribution in [0.4, 0.5) is 13.2 Å². The number of nitrogens with one attached hydrogen (secondary N) is 1. The largest absolute Gasteiger partial charge is 0.406 e. The summed E-state index contributed by atoms with van der Waals surface area (Å²) in [5.74, 6) is 0. The molecule has 0 saturated carbocycles. The first kappa shape index (κ1) is 17.0. The van der Waals surface area contributed by atoms with E-state index >= 15 is 0 Å². The van der Waals surface area contributed by atoms with Gasteiger partial charge in [0.25, 0.3) is 5.56 Å². The van der Waals surface area contributed by atoms with Crippen molar-refractivity contribution in [3.05, 3.63) is 46.2 Å². The molecule has 1 saturated heterocycles. The predicted molar refractivity (Wildman–Crippen MR) is 87.9 cm³/mol. The third kappa shape index (κ3) is 2.83. The number of aromatic amines is 1. The van der Waals surface area contributed by atoms with Gasteiger partial charge in [-0.2, -0.15) is 13.2 Å². The van der Waals surface area contributed by atoms with Crippen molar-refractivity contribution in [1.82, 2.24) is 9.88 Å². The van der Waals surface area contributed by atoms with E-state index in [1.807, 2.05) is 18.2 Å². The molecule has 24 heavy (non-hydrogen) atoms. The maximum Gasteiger partial charge on any atom is 0.406 e. The number of halogens is 3. The van der Waals surface area contributed by atoms with Gasteiger partial charge in [0.1, 0.15) is 5.54 Å². The standard InChI is InChI=1S/C18H21F3N2O/c1-2-8-17(18(19,20)21)9-5-10-23(17)12-14-11-13-6-3-4-7-15(13)22-16(14)24/h3-4,6-7,11H,2,5,8-10,12H2,1H3,(H,22,24)/t17-/m1/s1. The summed E-state index contributed by atoms with van der Waals surface area (Å²) in [6.07, 6.45) is -3.14. The van der Waals surface area contributed by atoms with Gasteiger partial charge in [-0.05, 0) is 43.3 Å². The Morgan fingerprint density at radius 3 is 2.75 bits per heavy atom. The lowest BCUT2D eigenvalue weighted by molar-refractivity contribution is -0.227. The number of H-pyrrole nitrogens is 1. The van der Waals surface area contributed by atoms with Crippen molar-refractivity contribution in [1.29, 1.82) is 0 Å². The number of fused-ring (bicyclic) bond motifs is 1. The van der Waals surface area contributed by atoms with E-state index in [4.69, 9.17) is 0 Å². The van der Waals surface area contributed by atoms with Gasteiger partial charge in [0.15, 0.2) is 0 Å². The molecular formula is C18H21F3N2O. The molecule has 2 heterocycles. The zero-order valence-corrected chi connectivity index (χ0v) is 13.6. The van der Waals surface area contributed by atoms with E-state index in [2.05, 4.69) is 4.98 Å². The molecule has 0 amide bonds. The molecule has 1 aromatic carbocycles. The molecule has 2 aromatic rings. The van der Waals surface area contributed by atoms with Gasteiger partial charge in [-0.1, -0.05) is 31.5 Å². The molecule has 0 aliphatic carbocycles. The highest BCUT2D eigenvalue weighted by atomic mass is 19.4. The lowest BCUT2D eigenvalue weighted by atomic mass is 9.89. The van der Waals surface area contributed by atoms with Crippen molar-refractivity contribution in [3.63, 3.8) is 0 Å². The number of para-hydroxylation sites is 1. The number of likely N-dealkylation sites (tertiary alicyclic amines) is 1. The molecule has 1 atom stereocenters. The topological polar surface area (TPSA) is 36.1 Å². The van der Waals surface area contributed by atoms with E-state index < -0.39 is 11.7 Å². The molecule has 130 valence electrons. The number of rotatable bonds is 4. The normalized spacial score (nSPS) is 22.3. The fourth-order valence-electron chi connectivity index (χ4n) is 3.84. The van der Waals surface area contributed by atoms with Gasteiger partial charge in [0.2, 0.25) is 0 Å². The Kier molecular flexibility index (Phi) is 4.42. The maximum absolute atomic E-state index is 13.8. The van der Waals surface area contributed by atoms with Crippen molar-refractivity contribution < 1.29 is 13.2 Å². The molecule has 3 rings (SSSR count). The summed E-state index contributed by atoms with van der Waals surface area (Å²) in [5.41, 5.74) is -1.03. The van der Waals surface area contributed by atoms with Crippen LogP contribution in [0.2, 0.25) is 0 Å². The minimum Gasteiger partial charge on any atom is -0.322 e. The van der Waals surface area contributed by atoms with Crippen LogP contribution >= 0.6 is 0 Å². The molecule has 0 unspecified atom stereocenters. The van der Waals surface area contributed by atoms with Gasteiger partial charge in [0, 0.05) is 17.6 Å². The molecule has 6 heteroatoms. The molecule has 1 aromatic heterocycles. The van der Waals surface area contributed by atoms with Crippen LogP contribution in [0, 0.1) is 0 Å². The van der Waals surface area contributed by atoms with E-state index in [1.165, 1.54) is 4.90 Å². The second-order valence-electron chi connectivity index (χ2n) is 6.52. The molecule has 0 radical (unpaired) electrons. The average Bonchev–Trinajstić information content (AvgIpc) is 2.92. The highest BCUT2D eigenvalue weighted by molar-refractivity contribution is 5.78. The van der Waals surface area contributed by atoms with Crippen molar-refractivity contribution in [2.75, 3.05) is 6.54 Å². The van der Waals surface area contributed by atoms with Crippen LogP contribution in [0.15, 0.2) is 35.1 Å².